The quantitative estimate of drug-likeness (QED) is 0.815. The molecule has 0 amide bonds. The fourth-order valence-corrected chi connectivity index (χ4v) is 2.50. The van der Waals surface area contributed by atoms with Crippen molar-refractivity contribution in [1.29, 1.82) is 0 Å². The largest absolute Gasteiger partial charge is 0.370 e. The molecule has 0 radical (unpaired) electrons. The maximum absolute atomic E-state index is 5.73. The van der Waals surface area contributed by atoms with Crippen molar-refractivity contribution in [1.82, 2.24) is 4.90 Å². The Morgan fingerprint density at radius 3 is 3.29 bits per heavy atom. The lowest BCUT2D eigenvalue weighted by Crippen LogP contribution is -2.40. The summed E-state index contributed by atoms with van der Waals surface area (Å²) >= 11 is 1.77. The highest BCUT2D eigenvalue weighted by Crippen LogP contribution is 2.25. The lowest BCUT2D eigenvalue weighted by Gasteiger charge is -2.32. The first kappa shape index (κ1) is 10.1. The molecule has 1 aliphatic heterocycles. The van der Waals surface area contributed by atoms with Crippen LogP contribution < -0.4 is 5.73 Å². The Labute approximate surface area is 88.5 Å². The molecule has 0 spiro atoms. The van der Waals surface area contributed by atoms with Gasteiger partial charge in [-0.05, 0) is 11.4 Å². The Bertz CT molecular complexity index is 261. The minimum atomic E-state index is 0.260. The summed E-state index contributed by atoms with van der Waals surface area (Å²) in [6, 6.07) is 4.21. The van der Waals surface area contributed by atoms with Gasteiger partial charge < -0.3 is 10.5 Å². The molecule has 2 heterocycles. The summed E-state index contributed by atoms with van der Waals surface area (Å²) in [6.07, 6.45) is 0.260. The van der Waals surface area contributed by atoms with Crippen LogP contribution in [0.5, 0.6) is 0 Å². The number of ether oxygens (including phenoxy) is 1. The van der Waals surface area contributed by atoms with Crippen LogP contribution in [-0.4, -0.2) is 37.7 Å². The molecule has 1 aromatic heterocycles. The molecule has 0 aromatic carbocycles. The van der Waals surface area contributed by atoms with Crippen LogP contribution in [-0.2, 0) is 4.74 Å². The van der Waals surface area contributed by atoms with E-state index in [1.807, 2.05) is 0 Å². The van der Waals surface area contributed by atoms with Crippen molar-refractivity contribution >= 4 is 11.3 Å². The molecule has 1 saturated heterocycles. The van der Waals surface area contributed by atoms with Crippen LogP contribution in [0.1, 0.15) is 11.0 Å². The fourth-order valence-electron chi connectivity index (χ4n) is 1.73. The minimum absolute atomic E-state index is 0.260. The lowest BCUT2D eigenvalue weighted by molar-refractivity contribution is -0.0270. The number of hydrogen-bond donors (Lipinski definition) is 1. The molecule has 1 fully saturated rings. The van der Waals surface area contributed by atoms with Gasteiger partial charge in [0.15, 0.2) is 0 Å². The van der Waals surface area contributed by atoms with E-state index in [1.165, 1.54) is 4.88 Å². The van der Waals surface area contributed by atoms with Crippen molar-refractivity contribution in [3.05, 3.63) is 22.4 Å². The molecule has 2 N–H and O–H groups in total. The van der Waals surface area contributed by atoms with Gasteiger partial charge in [0.1, 0.15) is 6.10 Å². The summed E-state index contributed by atoms with van der Waals surface area (Å²) < 4.78 is 5.73. The van der Waals surface area contributed by atoms with Crippen LogP contribution in [0, 0.1) is 0 Å². The van der Waals surface area contributed by atoms with Gasteiger partial charge in [-0.3, -0.25) is 4.90 Å². The van der Waals surface area contributed by atoms with Gasteiger partial charge >= 0.3 is 0 Å². The number of morpholine rings is 1. The normalized spacial score (nSPS) is 23.9. The van der Waals surface area contributed by atoms with E-state index in [1.54, 1.807) is 11.3 Å². The van der Waals surface area contributed by atoms with Crippen LogP contribution >= 0.6 is 11.3 Å². The van der Waals surface area contributed by atoms with Crippen molar-refractivity contribution in [2.75, 3.05) is 32.8 Å². The van der Waals surface area contributed by atoms with Gasteiger partial charge in [0, 0.05) is 31.1 Å². The first-order valence-corrected chi connectivity index (χ1v) is 5.85. The van der Waals surface area contributed by atoms with Crippen LogP contribution in [0.2, 0.25) is 0 Å². The summed E-state index contributed by atoms with van der Waals surface area (Å²) in [5.41, 5.74) is 5.54. The predicted octanol–water partition coefficient (Wildman–Crippen LogP) is 1.08. The zero-order chi connectivity index (χ0) is 9.80. The summed E-state index contributed by atoms with van der Waals surface area (Å²) in [6.45, 7) is 4.53. The van der Waals surface area contributed by atoms with E-state index in [9.17, 15) is 0 Å². The second-order valence-electron chi connectivity index (χ2n) is 3.46. The predicted molar refractivity (Wildman–Crippen MR) is 58.5 cm³/mol. The molecule has 1 unspecified atom stereocenters. The average molecular weight is 212 g/mol. The molecule has 1 aliphatic rings. The second kappa shape index (κ2) is 4.89. The Morgan fingerprint density at radius 1 is 1.64 bits per heavy atom. The van der Waals surface area contributed by atoms with Gasteiger partial charge in [0.05, 0.1) is 6.61 Å². The third-order valence-electron chi connectivity index (χ3n) is 2.46. The Balaban J connectivity index is 1.94. The highest BCUT2D eigenvalue weighted by atomic mass is 32.1. The first-order valence-electron chi connectivity index (χ1n) is 4.97. The molecular formula is C10H16N2OS. The molecule has 1 aromatic rings. The molecule has 2 rings (SSSR count). The Kier molecular flexibility index (Phi) is 3.53. The maximum Gasteiger partial charge on any atom is 0.104 e. The van der Waals surface area contributed by atoms with Gasteiger partial charge in [0.25, 0.3) is 0 Å². The molecular weight excluding hydrogens is 196 g/mol. The smallest absolute Gasteiger partial charge is 0.104 e. The maximum atomic E-state index is 5.73. The van der Waals surface area contributed by atoms with Crippen LogP contribution in [0.4, 0.5) is 0 Å². The van der Waals surface area contributed by atoms with Crippen molar-refractivity contribution < 1.29 is 4.74 Å². The zero-order valence-corrected chi connectivity index (χ0v) is 9.00. The van der Waals surface area contributed by atoms with Crippen LogP contribution in [0.3, 0.4) is 0 Å². The molecule has 3 nitrogen and oxygen atoms in total. The second-order valence-corrected chi connectivity index (χ2v) is 4.44. The van der Waals surface area contributed by atoms with E-state index < -0.39 is 0 Å². The summed E-state index contributed by atoms with van der Waals surface area (Å²) in [5.74, 6) is 0. The van der Waals surface area contributed by atoms with Crippen molar-refractivity contribution in [2.45, 2.75) is 6.10 Å². The van der Waals surface area contributed by atoms with Gasteiger partial charge in [0.2, 0.25) is 0 Å². The Morgan fingerprint density at radius 2 is 2.57 bits per heavy atom. The Hall–Kier alpha value is -0.420. The van der Waals surface area contributed by atoms with E-state index >= 15 is 0 Å². The number of hydrogen-bond acceptors (Lipinski definition) is 4. The molecule has 0 bridgehead atoms. The number of thiophene rings is 1. The van der Waals surface area contributed by atoms with Crippen LogP contribution in [0.25, 0.3) is 0 Å². The third-order valence-corrected chi connectivity index (χ3v) is 3.42. The summed E-state index contributed by atoms with van der Waals surface area (Å²) in [5, 5.41) is 2.10. The highest BCUT2D eigenvalue weighted by molar-refractivity contribution is 7.10. The minimum Gasteiger partial charge on any atom is -0.370 e. The number of rotatable bonds is 3. The SMILES string of the molecule is NCCN1CCOC(c2cccs2)C1. The number of nitrogens with zero attached hydrogens (tertiary/aromatic N) is 1. The van der Waals surface area contributed by atoms with Gasteiger partial charge in [-0.25, -0.2) is 0 Å². The van der Waals surface area contributed by atoms with E-state index in [4.69, 9.17) is 10.5 Å². The van der Waals surface area contributed by atoms with E-state index in [-0.39, 0.29) is 6.10 Å². The zero-order valence-electron chi connectivity index (χ0n) is 8.19. The first-order chi connectivity index (χ1) is 6.90. The van der Waals surface area contributed by atoms with E-state index in [0.717, 1.165) is 32.8 Å². The van der Waals surface area contributed by atoms with Crippen molar-refractivity contribution in [2.24, 2.45) is 5.73 Å². The summed E-state index contributed by atoms with van der Waals surface area (Å²) in [7, 11) is 0. The molecule has 14 heavy (non-hydrogen) atoms. The third kappa shape index (κ3) is 2.33. The van der Waals surface area contributed by atoms with Gasteiger partial charge in [-0.2, -0.15) is 0 Å². The molecule has 1 atom stereocenters. The lowest BCUT2D eigenvalue weighted by atomic mass is 10.2. The number of nitrogens with two attached hydrogens (primary N) is 1. The highest BCUT2D eigenvalue weighted by Gasteiger charge is 2.21. The van der Waals surface area contributed by atoms with E-state index in [0.29, 0.717) is 0 Å². The monoisotopic (exact) mass is 212 g/mol. The molecule has 4 heteroatoms. The van der Waals surface area contributed by atoms with Gasteiger partial charge in [-0.15, -0.1) is 11.3 Å². The average Bonchev–Trinajstić information content (AvgIpc) is 2.71. The van der Waals surface area contributed by atoms with Crippen LogP contribution in [0.15, 0.2) is 17.5 Å². The standard InChI is InChI=1S/C10H16N2OS/c11-3-4-12-5-6-13-9(8-12)10-2-1-7-14-10/h1-2,7,9H,3-6,8,11H2. The van der Waals surface area contributed by atoms with Crippen molar-refractivity contribution in [3.63, 3.8) is 0 Å². The van der Waals surface area contributed by atoms with Crippen molar-refractivity contribution in [3.8, 4) is 0 Å². The molecule has 78 valence electrons. The van der Waals surface area contributed by atoms with Gasteiger partial charge in [-0.1, -0.05) is 6.07 Å². The summed E-state index contributed by atoms with van der Waals surface area (Å²) in [4.78, 5) is 3.69. The molecule has 0 saturated carbocycles. The molecule has 0 aliphatic carbocycles. The fraction of sp³-hybridized carbons (Fsp3) is 0.600. The van der Waals surface area contributed by atoms with E-state index in [2.05, 4.69) is 22.4 Å². The topological polar surface area (TPSA) is 38.5 Å².